The molecular formula is C18H27NO. The highest BCUT2D eigenvalue weighted by Gasteiger charge is 2.36. The molecule has 3 atom stereocenters. The van der Waals surface area contributed by atoms with Gasteiger partial charge in [-0.2, -0.15) is 0 Å². The van der Waals surface area contributed by atoms with E-state index in [4.69, 9.17) is 0 Å². The highest BCUT2D eigenvalue weighted by molar-refractivity contribution is 6.01. The van der Waals surface area contributed by atoms with Crippen LogP contribution in [-0.2, 0) is 0 Å². The van der Waals surface area contributed by atoms with Crippen molar-refractivity contribution in [1.82, 2.24) is 4.90 Å². The Kier molecular flexibility index (Phi) is 4.64. The molecule has 2 nitrogen and oxygen atoms in total. The maximum Gasteiger partial charge on any atom is 0.179 e. The van der Waals surface area contributed by atoms with Crippen molar-refractivity contribution in [3.8, 4) is 0 Å². The molecule has 0 spiro atoms. The fourth-order valence-corrected chi connectivity index (χ4v) is 3.57. The molecule has 2 rings (SSSR count). The summed E-state index contributed by atoms with van der Waals surface area (Å²) in [5, 5.41) is 0. The summed E-state index contributed by atoms with van der Waals surface area (Å²) in [7, 11) is 0. The van der Waals surface area contributed by atoms with Gasteiger partial charge in [-0.3, -0.25) is 9.69 Å². The van der Waals surface area contributed by atoms with Crippen molar-refractivity contribution in [3.05, 3.63) is 34.9 Å². The Balaban J connectivity index is 2.26. The van der Waals surface area contributed by atoms with Crippen LogP contribution in [0.1, 0.15) is 61.5 Å². The fourth-order valence-electron chi connectivity index (χ4n) is 3.57. The monoisotopic (exact) mass is 273 g/mol. The number of likely N-dealkylation sites (tertiary alicyclic amines) is 1. The van der Waals surface area contributed by atoms with Gasteiger partial charge in [-0.05, 0) is 58.6 Å². The van der Waals surface area contributed by atoms with Crippen molar-refractivity contribution in [2.24, 2.45) is 0 Å². The Bertz CT molecular complexity index is 494. The molecule has 1 aliphatic rings. The van der Waals surface area contributed by atoms with Crippen LogP contribution in [0.3, 0.4) is 0 Å². The van der Waals surface area contributed by atoms with Crippen LogP contribution in [0.25, 0.3) is 0 Å². The highest BCUT2D eigenvalue weighted by atomic mass is 16.1. The minimum atomic E-state index is -0.0158. The van der Waals surface area contributed by atoms with E-state index in [1.807, 2.05) is 19.9 Å². The summed E-state index contributed by atoms with van der Waals surface area (Å²) in [5.74, 6) is 0.276. The smallest absolute Gasteiger partial charge is 0.179 e. The number of carbonyl (C=O) groups excluding carboxylic acids is 1. The summed E-state index contributed by atoms with van der Waals surface area (Å²) in [5.41, 5.74) is 3.14. The van der Waals surface area contributed by atoms with E-state index in [-0.39, 0.29) is 11.8 Å². The molecule has 2 heteroatoms. The Morgan fingerprint density at radius 1 is 1.35 bits per heavy atom. The predicted molar refractivity (Wildman–Crippen MR) is 84.3 cm³/mol. The predicted octanol–water partition coefficient (Wildman–Crippen LogP) is 4.14. The van der Waals surface area contributed by atoms with Crippen LogP contribution in [0.4, 0.5) is 0 Å². The topological polar surface area (TPSA) is 20.3 Å². The molecule has 0 saturated carbocycles. The summed E-state index contributed by atoms with van der Waals surface area (Å²) >= 11 is 0. The fraction of sp³-hybridized carbons (Fsp3) is 0.611. The van der Waals surface area contributed by atoms with Crippen LogP contribution in [0.2, 0.25) is 0 Å². The van der Waals surface area contributed by atoms with Crippen LogP contribution >= 0.6 is 0 Å². The van der Waals surface area contributed by atoms with Gasteiger partial charge >= 0.3 is 0 Å². The van der Waals surface area contributed by atoms with E-state index in [2.05, 4.69) is 37.8 Å². The van der Waals surface area contributed by atoms with Crippen molar-refractivity contribution in [2.45, 2.75) is 72.0 Å². The molecule has 0 bridgehead atoms. The van der Waals surface area contributed by atoms with Gasteiger partial charge in [0, 0.05) is 17.6 Å². The lowest BCUT2D eigenvalue weighted by atomic mass is 9.96. The molecule has 110 valence electrons. The summed E-state index contributed by atoms with van der Waals surface area (Å²) in [6.45, 7) is 10.6. The van der Waals surface area contributed by atoms with Gasteiger partial charge in [-0.15, -0.1) is 0 Å². The second-order valence-corrected chi connectivity index (χ2v) is 6.29. The maximum atomic E-state index is 12.9. The van der Waals surface area contributed by atoms with Gasteiger partial charge in [0.05, 0.1) is 6.04 Å². The number of nitrogens with zero attached hydrogens (tertiary/aromatic N) is 1. The van der Waals surface area contributed by atoms with Crippen molar-refractivity contribution < 1.29 is 4.79 Å². The lowest BCUT2D eigenvalue weighted by molar-refractivity contribution is 0.0754. The molecule has 0 N–H and O–H groups in total. The van der Waals surface area contributed by atoms with Crippen LogP contribution in [0.5, 0.6) is 0 Å². The van der Waals surface area contributed by atoms with Crippen LogP contribution < -0.4 is 0 Å². The zero-order valence-electron chi connectivity index (χ0n) is 13.4. The SMILES string of the molecule is CCC1CCC(C)N1C(C)C(=O)c1cc(C)ccc1C. The average molecular weight is 273 g/mol. The lowest BCUT2D eigenvalue weighted by Crippen LogP contribution is -2.45. The standard InChI is InChI=1S/C18H27NO/c1-6-16-10-9-14(4)19(16)15(5)18(20)17-11-12(2)7-8-13(17)3/h7-8,11,14-16H,6,9-10H2,1-5H3. The quantitative estimate of drug-likeness (QED) is 0.769. The summed E-state index contributed by atoms with van der Waals surface area (Å²) in [4.78, 5) is 15.3. The van der Waals surface area contributed by atoms with E-state index in [1.165, 1.54) is 12.8 Å². The first-order valence-electron chi connectivity index (χ1n) is 7.84. The van der Waals surface area contributed by atoms with Gasteiger partial charge in [0.1, 0.15) is 0 Å². The molecule has 1 aromatic rings. The van der Waals surface area contributed by atoms with Crippen LogP contribution in [0.15, 0.2) is 18.2 Å². The molecule has 1 saturated heterocycles. The Morgan fingerprint density at radius 2 is 2.05 bits per heavy atom. The summed E-state index contributed by atoms with van der Waals surface area (Å²) in [6.07, 6.45) is 3.57. The van der Waals surface area contributed by atoms with E-state index < -0.39 is 0 Å². The van der Waals surface area contributed by atoms with E-state index >= 15 is 0 Å². The Morgan fingerprint density at radius 3 is 2.70 bits per heavy atom. The number of carbonyl (C=O) groups is 1. The van der Waals surface area contributed by atoms with Gasteiger partial charge in [-0.25, -0.2) is 0 Å². The Labute approximate surface area is 123 Å². The molecule has 1 heterocycles. The number of ketones is 1. The van der Waals surface area contributed by atoms with Crippen LogP contribution in [0, 0.1) is 13.8 Å². The molecule has 20 heavy (non-hydrogen) atoms. The summed E-state index contributed by atoms with van der Waals surface area (Å²) < 4.78 is 0. The molecule has 1 aromatic carbocycles. The summed E-state index contributed by atoms with van der Waals surface area (Å²) in [6, 6.07) is 7.23. The first kappa shape index (κ1) is 15.2. The van der Waals surface area contributed by atoms with Crippen molar-refractivity contribution >= 4 is 5.78 Å². The van der Waals surface area contributed by atoms with Gasteiger partial charge < -0.3 is 0 Å². The second kappa shape index (κ2) is 6.09. The minimum Gasteiger partial charge on any atom is -0.292 e. The second-order valence-electron chi connectivity index (χ2n) is 6.29. The zero-order chi connectivity index (χ0) is 14.9. The number of Topliss-reactive ketones (excluding diaryl/α,β-unsaturated/α-hetero) is 1. The largest absolute Gasteiger partial charge is 0.292 e. The molecule has 0 aliphatic carbocycles. The van der Waals surface area contributed by atoms with Gasteiger partial charge in [0.15, 0.2) is 5.78 Å². The zero-order valence-corrected chi connectivity index (χ0v) is 13.4. The highest BCUT2D eigenvalue weighted by Crippen LogP contribution is 2.29. The van der Waals surface area contributed by atoms with E-state index in [9.17, 15) is 4.79 Å². The van der Waals surface area contributed by atoms with E-state index in [0.717, 1.165) is 23.1 Å². The number of hydrogen-bond donors (Lipinski definition) is 0. The molecule has 1 aliphatic heterocycles. The molecular weight excluding hydrogens is 246 g/mol. The third-order valence-electron chi connectivity index (χ3n) is 4.80. The van der Waals surface area contributed by atoms with Crippen molar-refractivity contribution in [2.75, 3.05) is 0 Å². The Hall–Kier alpha value is -1.15. The first-order chi connectivity index (χ1) is 9.45. The first-order valence-corrected chi connectivity index (χ1v) is 7.84. The molecule has 3 unspecified atom stereocenters. The third-order valence-corrected chi connectivity index (χ3v) is 4.80. The molecule has 0 amide bonds. The van der Waals surface area contributed by atoms with Gasteiger partial charge in [-0.1, -0.05) is 24.6 Å². The average Bonchev–Trinajstić information content (AvgIpc) is 2.81. The molecule has 1 fully saturated rings. The minimum absolute atomic E-state index is 0.0158. The van der Waals surface area contributed by atoms with Crippen LogP contribution in [-0.4, -0.2) is 28.8 Å². The number of aryl methyl sites for hydroxylation is 2. The van der Waals surface area contributed by atoms with Gasteiger partial charge in [0.2, 0.25) is 0 Å². The number of rotatable bonds is 4. The van der Waals surface area contributed by atoms with Gasteiger partial charge in [0.25, 0.3) is 0 Å². The van der Waals surface area contributed by atoms with E-state index in [1.54, 1.807) is 0 Å². The number of hydrogen-bond acceptors (Lipinski definition) is 2. The number of benzene rings is 1. The molecule has 0 radical (unpaired) electrons. The van der Waals surface area contributed by atoms with Crippen molar-refractivity contribution in [3.63, 3.8) is 0 Å². The van der Waals surface area contributed by atoms with Crippen molar-refractivity contribution in [1.29, 1.82) is 0 Å². The molecule has 0 aromatic heterocycles. The maximum absolute atomic E-state index is 12.9. The van der Waals surface area contributed by atoms with E-state index in [0.29, 0.717) is 12.1 Å². The normalized spacial score (nSPS) is 24.9. The third kappa shape index (κ3) is 2.80. The lowest BCUT2D eigenvalue weighted by Gasteiger charge is -2.33.